The number of nitrogens with one attached hydrogen (secondary N) is 1. The standard InChI is InChI=1S/C26H35N3O3/c1-3-28-15-17-29(18-16-28)20-22-7-5-21(6-8-22)19-27-26(31)14-13-25(30)23-9-11-24(12-10-23)32-4-2/h5-12H,3-4,13-20H2,1-2H3,(H,27,31). The van der Waals surface area contributed by atoms with E-state index in [1.54, 1.807) is 24.3 Å². The fourth-order valence-corrected chi connectivity index (χ4v) is 3.85. The number of rotatable bonds is 11. The van der Waals surface area contributed by atoms with E-state index in [0.29, 0.717) is 18.7 Å². The fourth-order valence-electron chi connectivity index (χ4n) is 3.85. The zero-order valence-corrected chi connectivity index (χ0v) is 19.3. The smallest absolute Gasteiger partial charge is 0.220 e. The van der Waals surface area contributed by atoms with Crippen LogP contribution in [-0.4, -0.2) is 60.8 Å². The Balaban J connectivity index is 1.36. The highest BCUT2D eigenvalue weighted by molar-refractivity contribution is 5.98. The molecule has 1 amide bonds. The van der Waals surface area contributed by atoms with Gasteiger partial charge in [0.25, 0.3) is 0 Å². The summed E-state index contributed by atoms with van der Waals surface area (Å²) in [5.74, 6) is 0.598. The van der Waals surface area contributed by atoms with Crippen molar-refractivity contribution in [3.63, 3.8) is 0 Å². The number of benzene rings is 2. The summed E-state index contributed by atoms with van der Waals surface area (Å²) in [4.78, 5) is 29.5. The Hall–Kier alpha value is -2.70. The molecule has 6 nitrogen and oxygen atoms in total. The molecule has 0 saturated carbocycles. The summed E-state index contributed by atoms with van der Waals surface area (Å²) in [7, 11) is 0. The van der Waals surface area contributed by atoms with Crippen LogP contribution in [0.2, 0.25) is 0 Å². The van der Waals surface area contributed by atoms with Crippen molar-refractivity contribution in [1.29, 1.82) is 0 Å². The molecular formula is C26H35N3O3. The third kappa shape index (κ3) is 7.46. The van der Waals surface area contributed by atoms with Crippen LogP contribution >= 0.6 is 0 Å². The lowest BCUT2D eigenvalue weighted by molar-refractivity contribution is -0.121. The highest BCUT2D eigenvalue weighted by Gasteiger charge is 2.15. The second kappa shape index (κ2) is 12.4. The number of likely N-dealkylation sites (N-methyl/N-ethyl adjacent to an activating group) is 1. The number of hydrogen-bond acceptors (Lipinski definition) is 5. The van der Waals surface area contributed by atoms with Gasteiger partial charge in [0.15, 0.2) is 5.78 Å². The fraction of sp³-hybridized carbons (Fsp3) is 0.462. The molecule has 2 aromatic carbocycles. The maximum Gasteiger partial charge on any atom is 0.220 e. The van der Waals surface area contributed by atoms with E-state index in [1.165, 1.54) is 5.56 Å². The molecule has 0 unspecified atom stereocenters. The predicted molar refractivity (Wildman–Crippen MR) is 127 cm³/mol. The lowest BCUT2D eigenvalue weighted by Gasteiger charge is -2.34. The summed E-state index contributed by atoms with van der Waals surface area (Å²) in [6, 6.07) is 15.5. The predicted octanol–water partition coefficient (Wildman–Crippen LogP) is 3.50. The van der Waals surface area contributed by atoms with Crippen molar-refractivity contribution in [2.24, 2.45) is 0 Å². The molecule has 0 atom stereocenters. The third-order valence-corrected chi connectivity index (χ3v) is 5.90. The van der Waals surface area contributed by atoms with Gasteiger partial charge in [0, 0.05) is 57.7 Å². The van der Waals surface area contributed by atoms with Crippen molar-refractivity contribution in [3.8, 4) is 5.75 Å². The van der Waals surface area contributed by atoms with Crippen LogP contribution in [0.5, 0.6) is 5.75 Å². The molecule has 3 rings (SSSR count). The van der Waals surface area contributed by atoms with E-state index in [-0.39, 0.29) is 24.5 Å². The molecule has 1 aliphatic heterocycles. The Labute approximate surface area is 191 Å². The Kier molecular flexibility index (Phi) is 9.26. The monoisotopic (exact) mass is 437 g/mol. The number of nitrogens with zero attached hydrogens (tertiary/aromatic N) is 2. The highest BCUT2D eigenvalue weighted by Crippen LogP contribution is 2.14. The van der Waals surface area contributed by atoms with Gasteiger partial charge in [-0.15, -0.1) is 0 Å². The van der Waals surface area contributed by atoms with Crippen LogP contribution in [-0.2, 0) is 17.9 Å². The molecule has 32 heavy (non-hydrogen) atoms. The first-order chi connectivity index (χ1) is 15.6. The van der Waals surface area contributed by atoms with Gasteiger partial charge in [0.1, 0.15) is 5.75 Å². The molecule has 172 valence electrons. The van der Waals surface area contributed by atoms with Crippen LogP contribution in [0.4, 0.5) is 0 Å². The second-order valence-electron chi connectivity index (χ2n) is 8.18. The molecule has 0 spiro atoms. The van der Waals surface area contributed by atoms with Crippen LogP contribution < -0.4 is 10.1 Å². The zero-order valence-electron chi connectivity index (χ0n) is 19.3. The minimum Gasteiger partial charge on any atom is -0.494 e. The second-order valence-corrected chi connectivity index (χ2v) is 8.18. The van der Waals surface area contributed by atoms with Gasteiger partial charge in [-0.3, -0.25) is 14.5 Å². The van der Waals surface area contributed by atoms with Crippen molar-refractivity contribution in [2.45, 2.75) is 39.8 Å². The van der Waals surface area contributed by atoms with E-state index in [1.807, 2.05) is 6.92 Å². The topological polar surface area (TPSA) is 61.9 Å². The number of carbonyl (C=O) groups excluding carboxylic acids is 2. The van der Waals surface area contributed by atoms with Crippen LogP contribution in [0.15, 0.2) is 48.5 Å². The van der Waals surface area contributed by atoms with E-state index in [0.717, 1.165) is 50.6 Å². The maximum atomic E-state index is 12.3. The summed E-state index contributed by atoms with van der Waals surface area (Å²) in [5, 5.41) is 2.92. The molecule has 1 saturated heterocycles. The number of ether oxygens (including phenoxy) is 1. The number of carbonyl (C=O) groups is 2. The van der Waals surface area contributed by atoms with E-state index >= 15 is 0 Å². The molecule has 0 aliphatic carbocycles. The van der Waals surface area contributed by atoms with Crippen LogP contribution in [0.25, 0.3) is 0 Å². The van der Waals surface area contributed by atoms with E-state index in [4.69, 9.17) is 4.74 Å². The number of ketones is 1. The van der Waals surface area contributed by atoms with Gasteiger partial charge in [-0.1, -0.05) is 31.2 Å². The van der Waals surface area contributed by atoms with Crippen LogP contribution in [0, 0.1) is 0 Å². The Morgan fingerprint density at radius 1 is 0.844 bits per heavy atom. The molecule has 2 aromatic rings. The summed E-state index contributed by atoms with van der Waals surface area (Å²) in [5.41, 5.74) is 2.97. The number of Topliss-reactive ketones (excluding diaryl/α,β-unsaturated/α-hetero) is 1. The molecule has 6 heteroatoms. The van der Waals surface area contributed by atoms with Gasteiger partial charge in [-0.2, -0.15) is 0 Å². The minimum absolute atomic E-state index is 0.0349. The SMILES string of the molecule is CCOc1ccc(C(=O)CCC(=O)NCc2ccc(CN3CCN(CC)CC3)cc2)cc1. The summed E-state index contributed by atoms with van der Waals surface area (Å²) < 4.78 is 5.39. The van der Waals surface area contributed by atoms with Gasteiger partial charge in [-0.05, 0) is 48.9 Å². The molecule has 1 N–H and O–H groups in total. The maximum absolute atomic E-state index is 12.3. The Morgan fingerprint density at radius 2 is 1.47 bits per heavy atom. The first kappa shape index (κ1) is 24.0. The van der Waals surface area contributed by atoms with Crippen LogP contribution in [0.3, 0.4) is 0 Å². The molecule has 1 heterocycles. The number of piperazine rings is 1. The first-order valence-electron chi connectivity index (χ1n) is 11.6. The summed E-state index contributed by atoms with van der Waals surface area (Å²) >= 11 is 0. The molecule has 1 fully saturated rings. The van der Waals surface area contributed by atoms with Gasteiger partial charge >= 0.3 is 0 Å². The van der Waals surface area contributed by atoms with Crippen molar-refractivity contribution in [2.75, 3.05) is 39.3 Å². The van der Waals surface area contributed by atoms with Crippen molar-refractivity contribution < 1.29 is 14.3 Å². The van der Waals surface area contributed by atoms with Gasteiger partial charge in [0.2, 0.25) is 5.91 Å². The minimum atomic E-state index is -0.109. The molecule has 0 radical (unpaired) electrons. The molecule has 0 aromatic heterocycles. The zero-order chi connectivity index (χ0) is 22.8. The number of hydrogen-bond donors (Lipinski definition) is 1. The lowest BCUT2D eigenvalue weighted by Crippen LogP contribution is -2.45. The summed E-state index contributed by atoms with van der Waals surface area (Å²) in [6.45, 7) is 11.8. The van der Waals surface area contributed by atoms with Gasteiger partial charge in [-0.25, -0.2) is 0 Å². The quantitative estimate of drug-likeness (QED) is 0.545. The van der Waals surface area contributed by atoms with Gasteiger partial charge < -0.3 is 15.0 Å². The highest BCUT2D eigenvalue weighted by atomic mass is 16.5. The van der Waals surface area contributed by atoms with E-state index in [9.17, 15) is 9.59 Å². The molecule has 1 aliphatic rings. The Morgan fingerprint density at radius 3 is 2.09 bits per heavy atom. The largest absolute Gasteiger partial charge is 0.494 e. The van der Waals surface area contributed by atoms with Gasteiger partial charge in [0.05, 0.1) is 6.61 Å². The van der Waals surface area contributed by atoms with Crippen molar-refractivity contribution >= 4 is 11.7 Å². The van der Waals surface area contributed by atoms with Crippen molar-refractivity contribution in [1.82, 2.24) is 15.1 Å². The van der Waals surface area contributed by atoms with Crippen LogP contribution in [0.1, 0.15) is 48.2 Å². The summed E-state index contributed by atoms with van der Waals surface area (Å²) in [6.07, 6.45) is 0.387. The van der Waals surface area contributed by atoms with E-state index < -0.39 is 0 Å². The van der Waals surface area contributed by atoms with E-state index in [2.05, 4.69) is 46.3 Å². The first-order valence-corrected chi connectivity index (χ1v) is 11.6. The lowest BCUT2D eigenvalue weighted by atomic mass is 10.1. The average Bonchev–Trinajstić information content (AvgIpc) is 2.83. The normalized spacial score (nSPS) is 14.8. The third-order valence-electron chi connectivity index (χ3n) is 5.90. The molecular weight excluding hydrogens is 402 g/mol. The number of amides is 1. The Bertz CT molecular complexity index is 857. The average molecular weight is 438 g/mol. The van der Waals surface area contributed by atoms with Crippen molar-refractivity contribution in [3.05, 3.63) is 65.2 Å². The molecule has 0 bridgehead atoms.